The van der Waals surface area contributed by atoms with Crippen molar-refractivity contribution in [1.29, 1.82) is 0 Å². The number of nitrogens with zero attached hydrogens (tertiary/aromatic N) is 3. The van der Waals surface area contributed by atoms with Crippen molar-refractivity contribution in [3.05, 3.63) is 66.1 Å². The first-order valence-corrected chi connectivity index (χ1v) is 10.4. The largest absolute Gasteiger partial charge is 0.397 e. The molecular formula is C23H24F2N6O. The van der Waals surface area contributed by atoms with Crippen molar-refractivity contribution in [1.82, 2.24) is 15.3 Å². The van der Waals surface area contributed by atoms with E-state index in [1.54, 1.807) is 12.4 Å². The third-order valence-electron chi connectivity index (χ3n) is 5.58. The molecule has 1 saturated heterocycles. The Morgan fingerprint density at radius 2 is 1.97 bits per heavy atom. The van der Waals surface area contributed by atoms with Gasteiger partial charge in [0, 0.05) is 25.3 Å². The first kappa shape index (κ1) is 21.6. The molecule has 0 aliphatic carbocycles. The SMILES string of the molecule is CN[C@H]1CCCN(c2ccncc2NC(=O)c2nc(-c3c(F)cccc3F)ccc2N)C1. The number of carbonyl (C=O) groups excluding carboxylic acids is 1. The van der Waals surface area contributed by atoms with E-state index in [-0.39, 0.29) is 22.6 Å². The van der Waals surface area contributed by atoms with Gasteiger partial charge >= 0.3 is 0 Å². The highest BCUT2D eigenvalue weighted by Gasteiger charge is 2.23. The van der Waals surface area contributed by atoms with Crippen LogP contribution >= 0.6 is 0 Å². The van der Waals surface area contributed by atoms with Crippen LogP contribution in [0.25, 0.3) is 11.3 Å². The van der Waals surface area contributed by atoms with Gasteiger partial charge in [-0.25, -0.2) is 13.8 Å². The van der Waals surface area contributed by atoms with E-state index in [4.69, 9.17) is 5.73 Å². The number of likely N-dealkylation sites (N-methyl/N-ethyl adjacent to an activating group) is 1. The Hall–Kier alpha value is -3.59. The van der Waals surface area contributed by atoms with Crippen LogP contribution in [0.15, 0.2) is 48.8 Å². The number of aromatic nitrogens is 2. The summed E-state index contributed by atoms with van der Waals surface area (Å²) in [5.41, 5.74) is 6.97. The van der Waals surface area contributed by atoms with Gasteiger partial charge in [0.25, 0.3) is 5.91 Å². The zero-order chi connectivity index (χ0) is 22.7. The molecule has 1 fully saturated rings. The summed E-state index contributed by atoms with van der Waals surface area (Å²) < 4.78 is 28.4. The summed E-state index contributed by atoms with van der Waals surface area (Å²) in [5, 5.41) is 6.11. The molecule has 3 aromatic rings. The smallest absolute Gasteiger partial charge is 0.276 e. The summed E-state index contributed by atoms with van der Waals surface area (Å²) in [5.74, 6) is -2.13. The molecule has 0 radical (unpaired) electrons. The maximum absolute atomic E-state index is 14.2. The van der Waals surface area contributed by atoms with Gasteiger partial charge in [0.05, 0.1) is 34.5 Å². The van der Waals surface area contributed by atoms with Crippen molar-refractivity contribution >= 4 is 23.0 Å². The number of carbonyl (C=O) groups is 1. The maximum Gasteiger partial charge on any atom is 0.276 e. The van der Waals surface area contributed by atoms with Crippen LogP contribution in [-0.2, 0) is 0 Å². The van der Waals surface area contributed by atoms with Gasteiger partial charge < -0.3 is 21.3 Å². The topological polar surface area (TPSA) is 96.2 Å². The minimum absolute atomic E-state index is 0.0146. The lowest BCUT2D eigenvalue weighted by Crippen LogP contribution is -2.44. The number of piperidine rings is 1. The molecule has 0 spiro atoms. The van der Waals surface area contributed by atoms with E-state index in [0.29, 0.717) is 11.7 Å². The fourth-order valence-corrected chi connectivity index (χ4v) is 3.91. The number of nitrogens with two attached hydrogens (primary N) is 1. The monoisotopic (exact) mass is 438 g/mol. The van der Waals surface area contributed by atoms with Crippen molar-refractivity contribution in [2.24, 2.45) is 0 Å². The third kappa shape index (κ3) is 4.38. The normalized spacial score (nSPS) is 16.1. The summed E-state index contributed by atoms with van der Waals surface area (Å²) >= 11 is 0. The predicted molar refractivity (Wildman–Crippen MR) is 120 cm³/mol. The summed E-state index contributed by atoms with van der Waals surface area (Å²) in [6, 6.07) is 8.52. The molecule has 2 aromatic heterocycles. The lowest BCUT2D eigenvalue weighted by molar-refractivity contribution is 0.102. The minimum Gasteiger partial charge on any atom is -0.397 e. The number of benzene rings is 1. The molecule has 1 atom stereocenters. The number of nitrogens with one attached hydrogen (secondary N) is 2. The number of rotatable bonds is 5. The molecule has 9 heteroatoms. The average Bonchev–Trinajstić information content (AvgIpc) is 2.80. The highest BCUT2D eigenvalue weighted by atomic mass is 19.1. The Balaban J connectivity index is 1.63. The minimum atomic E-state index is -0.771. The molecule has 4 rings (SSSR count). The van der Waals surface area contributed by atoms with Crippen LogP contribution in [0, 0.1) is 11.6 Å². The standard InChI is InChI=1S/C23H24F2N6O/c1-27-14-4-3-11-31(13-14)20-9-10-28-12-19(20)30-23(32)22-17(26)7-8-18(29-22)21-15(24)5-2-6-16(21)25/h2,5-10,12,14,27H,3-4,11,13,26H2,1H3,(H,30,32)/t14-/m0/s1. The Bertz CT molecular complexity index is 1120. The van der Waals surface area contributed by atoms with Crippen LogP contribution < -0.4 is 21.3 Å². The summed E-state index contributed by atoms with van der Waals surface area (Å²) in [6.45, 7) is 1.65. The quantitative estimate of drug-likeness (QED) is 0.565. The summed E-state index contributed by atoms with van der Waals surface area (Å²) in [6.07, 6.45) is 5.33. The Morgan fingerprint density at radius 1 is 1.19 bits per heavy atom. The van der Waals surface area contributed by atoms with E-state index in [1.807, 2.05) is 13.1 Å². The molecule has 4 N–H and O–H groups in total. The molecule has 32 heavy (non-hydrogen) atoms. The van der Waals surface area contributed by atoms with Crippen LogP contribution in [-0.4, -0.2) is 42.1 Å². The predicted octanol–water partition coefficient (Wildman–Crippen LogP) is 3.44. The number of halogens is 2. The van der Waals surface area contributed by atoms with Crippen LogP contribution in [0.2, 0.25) is 0 Å². The van der Waals surface area contributed by atoms with Crippen molar-refractivity contribution in [2.75, 3.05) is 36.1 Å². The van der Waals surface area contributed by atoms with Crippen molar-refractivity contribution in [3.63, 3.8) is 0 Å². The molecule has 7 nitrogen and oxygen atoms in total. The second kappa shape index (κ2) is 9.27. The fraction of sp³-hybridized carbons (Fsp3) is 0.261. The fourth-order valence-electron chi connectivity index (χ4n) is 3.91. The summed E-state index contributed by atoms with van der Waals surface area (Å²) in [7, 11) is 1.93. The van der Waals surface area contributed by atoms with Crippen molar-refractivity contribution in [3.8, 4) is 11.3 Å². The molecule has 1 aliphatic heterocycles. The lowest BCUT2D eigenvalue weighted by Gasteiger charge is -2.35. The molecule has 166 valence electrons. The van der Waals surface area contributed by atoms with Crippen LogP contribution in [0.5, 0.6) is 0 Å². The number of anilines is 3. The van der Waals surface area contributed by atoms with E-state index in [2.05, 4.69) is 25.5 Å². The molecule has 1 amide bonds. The Morgan fingerprint density at radius 3 is 2.72 bits per heavy atom. The average molecular weight is 438 g/mol. The zero-order valence-corrected chi connectivity index (χ0v) is 17.6. The van der Waals surface area contributed by atoms with Gasteiger partial charge in [-0.15, -0.1) is 0 Å². The van der Waals surface area contributed by atoms with Gasteiger partial charge in [0.1, 0.15) is 11.6 Å². The van der Waals surface area contributed by atoms with Crippen LogP contribution in [0.4, 0.5) is 25.8 Å². The molecular weight excluding hydrogens is 414 g/mol. The molecule has 0 saturated carbocycles. The third-order valence-corrected chi connectivity index (χ3v) is 5.58. The first-order chi connectivity index (χ1) is 15.5. The van der Waals surface area contributed by atoms with Gasteiger partial charge in [-0.3, -0.25) is 9.78 Å². The van der Waals surface area contributed by atoms with E-state index in [9.17, 15) is 13.6 Å². The van der Waals surface area contributed by atoms with Crippen molar-refractivity contribution in [2.45, 2.75) is 18.9 Å². The molecule has 0 unspecified atom stereocenters. The maximum atomic E-state index is 14.2. The van der Waals surface area contributed by atoms with Crippen molar-refractivity contribution < 1.29 is 13.6 Å². The second-order valence-corrected chi connectivity index (χ2v) is 7.65. The first-order valence-electron chi connectivity index (χ1n) is 10.4. The highest BCUT2D eigenvalue weighted by Crippen LogP contribution is 2.29. The van der Waals surface area contributed by atoms with Crippen LogP contribution in [0.1, 0.15) is 23.3 Å². The van der Waals surface area contributed by atoms with E-state index in [1.165, 1.54) is 18.2 Å². The van der Waals surface area contributed by atoms with Gasteiger partial charge in [-0.2, -0.15) is 0 Å². The van der Waals surface area contributed by atoms with Gasteiger partial charge in [0.2, 0.25) is 0 Å². The molecule has 1 aliphatic rings. The van der Waals surface area contributed by atoms with E-state index < -0.39 is 17.5 Å². The van der Waals surface area contributed by atoms with Gasteiger partial charge in [0.15, 0.2) is 5.69 Å². The van der Waals surface area contributed by atoms with Crippen LogP contribution in [0.3, 0.4) is 0 Å². The number of nitrogen functional groups attached to an aromatic ring is 1. The van der Waals surface area contributed by atoms with Gasteiger partial charge in [-0.05, 0) is 50.2 Å². The van der Waals surface area contributed by atoms with E-state index in [0.717, 1.165) is 43.8 Å². The lowest BCUT2D eigenvalue weighted by atomic mass is 10.1. The Labute approximate surface area is 184 Å². The number of hydrogen-bond acceptors (Lipinski definition) is 6. The second-order valence-electron chi connectivity index (χ2n) is 7.65. The molecule has 3 heterocycles. The van der Waals surface area contributed by atoms with E-state index >= 15 is 0 Å². The Kier molecular flexibility index (Phi) is 6.27. The molecule has 1 aromatic carbocycles. The number of hydrogen-bond donors (Lipinski definition) is 3. The summed E-state index contributed by atoms with van der Waals surface area (Å²) in [4.78, 5) is 23.5. The van der Waals surface area contributed by atoms with Gasteiger partial charge in [-0.1, -0.05) is 6.07 Å². The number of amides is 1. The molecule has 0 bridgehead atoms. The highest BCUT2D eigenvalue weighted by molar-refractivity contribution is 6.07. The zero-order valence-electron chi connectivity index (χ0n) is 17.6. The number of pyridine rings is 2.